The number of amides is 1. The number of halogens is 3. The zero-order chi connectivity index (χ0) is 18.2. The highest BCUT2D eigenvalue weighted by atomic mass is 19.4. The molecule has 2 aliphatic rings. The molecular formula is C18H20F3NO3. The van der Waals surface area contributed by atoms with Crippen molar-refractivity contribution in [2.75, 3.05) is 13.1 Å². The van der Waals surface area contributed by atoms with E-state index in [9.17, 15) is 22.8 Å². The standard InChI is InChI=1S/C18H20F3NO3/c19-18(20,21)13-3-1-11(2-4-13)12-7-9-22(10-8-12)16(23)14-5-6-15(14)17(24)25/h1-4,12,14-15H,5-10H2,(H,24,25). The topological polar surface area (TPSA) is 57.6 Å². The highest BCUT2D eigenvalue weighted by molar-refractivity contribution is 5.86. The summed E-state index contributed by atoms with van der Waals surface area (Å²) >= 11 is 0. The molecule has 0 spiro atoms. The Morgan fingerprint density at radius 2 is 1.52 bits per heavy atom. The van der Waals surface area contributed by atoms with Crippen LogP contribution in [-0.2, 0) is 15.8 Å². The molecule has 1 aliphatic carbocycles. The van der Waals surface area contributed by atoms with Crippen LogP contribution in [0.5, 0.6) is 0 Å². The number of carbonyl (C=O) groups excluding carboxylic acids is 1. The van der Waals surface area contributed by atoms with E-state index in [0.717, 1.165) is 17.7 Å². The van der Waals surface area contributed by atoms with E-state index in [2.05, 4.69) is 0 Å². The van der Waals surface area contributed by atoms with Gasteiger partial charge in [0.1, 0.15) is 0 Å². The molecule has 25 heavy (non-hydrogen) atoms. The number of carboxylic acids is 1. The van der Waals surface area contributed by atoms with Crippen molar-refractivity contribution in [3.8, 4) is 0 Å². The van der Waals surface area contributed by atoms with Gasteiger partial charge in [0.05, 0.1) is 17.4 Å². The molecule has 2 fully saturated rings. The van der Waals surface area contributed by atoms with E-state index in [-0.39, 0.29) is 11.8 Å². The summed E-state index contributed by atoms with van der Waals surface area (Å²) in [5.74, 6) is -1.86. The second-order valence-electron chi connectivity index (χ2n) is 6.85. The van der Waals surface area contributed by atoms with Crippen molar-refractivity contribution >= 4 is 11.9 Å². The minimum absolute atomic E-state index is 0.0930. The van der Waals surface area contributed by atoms with Crippen LogP contribution in [0.4, 0.5) is 13.2 Å². The van der Waals surface area contributed by atoms with Crippen LogP contribution in [0.2, 0.25) is 0 Å². The van der Waals surface area contributed by atoms with E-state index in [1.165, 1.54) is 12.1 Å². The molecule has 2 unspecified atom stereocenters. The van der Waals surface area contributed by atoms with Crippen LogP contribution < -0.4 is 0 Å². The monoisotopic (exact) mass is 355 g/mol. The third-order valence-electron chi connectivity index (χ3n) is 5.42. The van der Waals surface area contributed by atoms with E-state index in [0.29, 0.717) is 38.8 Å². The Labute approximate surface area is 143 Å². The molecule has 1 aromatic rings. The lowest BCUT2D eigenvalue weighted by Gasteiger charge is -2.39. The molecular weight excluding hydrogens is 335 g/mol. The summed E-state index contributed by atoms with van der Waals surface area (Å²) in [6.45, 7) is 1.04. The minimum atomic E-state index is -4.34. The fourth-order valence-electron chi connectivity index (χ4n) is 3.70. The number of hydrogen-bond donors (Lipinski definition) is 1. The Kier molecular flexibility index (Phi) is 4.75. The van der Waals surface area contributed by atoms with Crippen LogP contribution in [0.15, 0.2) is 24.3 Å². The molecule has 1 amide bonds. The summed E-state index contributed by atoms with van der Waals surface area (Å²) in [7, 11) is 0. The Bertz CT molecular complexity index is 649. The quantitative estimate of drug-likeness (QED) is 0.903. The highest BCUT2D eigenvalue weighted by Crippen LogP contribution is 2.38. The lowest BCUT2D eigenvalue weighted by Crippen LogP contribution is -2.48. The van der Waals surface area contributed by atoms with Crippen LogP contribution in [0.25, 0.3) is 0 Å². The van der Waals surface area contributed by atoms with Crippen molar-refractivity contribution in [2.24, 2.45) is 11.8 Å². The number of rotatable bonds is 3. The van der Waals surface area contributed by atoms with Crippen LogP contribution >= 0.6 is 0 Å². The summed E-state index contributed by atoms with van der Waals surface area (Å²) in [6, 6.07) is 5.21. The van der Waals surface area contributed by atoms with Crippen molar-refractivity contribution in [3.63, 3.8) is 0 Å². The molecule has 1 N–H and O–H groups in total. The minimum Gasteiger partial charge on any atom is -0.481 e. The van der Waals surface area contributed by atoms with Crippen LogP contribution in [0.3, 0.4) is 0 Å². The number of hydrogen-bond acceptors (Lipinski definition) is 2. The Morgan fingerprint density at radius 3 is 1.96 bits per heavy atom. The average molecular weight is 355 g/mol. The predicted octanol–water partition coefficient (Wildman–Crippen LogP) is 3.52. The molecule has 1 aliphatic heterocycles. The fraction of sp³-hybridized carbons (Fsp3) is 0.556. The number of piperidine rings is 1. The summed E-state index contributed by atoms with van der Waals surface area (Å²) in [6.07, 6.45) is -1.80. The zero-order valence-corrected chi connectivity index (χ0v) is 13.6. The molecule has 0 aromatic heterocycles. The molecule has 1 saturated carbocycles. The molecule has 0 bridgehead atoms. The number of aliphatic carboxylic acids is 1. The number of benzene rings is 1. The van der Waals surface area contributed by atoms with Crippen LogP contribution in [0.1, 0.15) is 42.7 Å². The normalized spacial score (nSPS) is 24.7. The zero-order valence-electron chi connectivity index (χ0n) is 13.6. The summed E-state index contributed by atoms with van der Waals surface area (Å²) in [4.78, 5) is 25.2. The number of likely N-dealkylation sites (tertiary alicyclic amines) is 1. The van der Waals surface area contributed by atoms with E-state index in [4.69, 9.17) is 5.11 Å². The van der Waals surface area contributed by atoms with Crippen molar-refractivity contribution in [2.45, 2.75) is 37.8 Å². The molecule has 1 aromatic carbocycles. The van der Waals surface area contributed by atoms with Crippen molar-refractivity contribution in [1.29, 1.82) is 0 Å². The number of nitrogens with zero attached hydrogens (tertiary/aromatic N) is 1. The second-order valence-corrected chi connectivity index (χ2v) is 6.85. The van der Waals surface area contributed by atoms with E-state index >= 15 is 0 Å². The Morgan fingerprint density at radius 1 is 0.960 bits per heavy atom. The van der Waals surface area contributed by atoms with Gasteiger partial charge in [-0.1, -0.05) is 12.1 Å². The molecule has 136 valence electrons. The SMILES string of the molecule is O=C(O)C1CCC1C(=O)N1CCC(c2ccc(C(F)(F)F)cc2)CC1. The first-order chi connectivity index (χ1) is 11.8. The predicted molar refractivity (Wildman–Crippen MR) is 83.8 cm³/mol. The van der Waals surface area contributed by atoms with Crippen LogP contribution in [0, 0.1) is 11.8 Å². The number of alkyl halides is 3. The summed E-state index contributed by atoms with van der Waals surface area (Å²) in [5, 5.41) is 9.07. The molecule has 0 radical (unpaired) electrons. The maximum Gasteiger partial charge on any atom is 0.416 e. The average Bonchev–Trinajstić information content (AvgIpc) is 2.52. The molecule has 3 rings (SSSR count). The fourth-order valence-corrected chi connectivity index (χ4v) is 3.70. The Hall–Kier alpha value is -2.05. The van der Waals surface area contributed by atoms with Gasteiger partial charge in [-0.3, -0.25) is 9.59 Å². The van der Waals surface area contributed by atoms with Crippen molar-refractivity contribution in [1.82, 2.24) is 4.90 Å². The van der Waals surface area contributed by atoms with Gasteiger partial charge in [-0.05, 0) is 49.3 Å². The van der Waals surface area contributed by atoms with Gasteiger partial charge in [0.2, 0.25) is 5.91 Å². The van der Waals surface area contributed by atoms with E-state index in [1.807, 2.05) is 0 Å². The first-order valence-electron chi connectivity index (χ1n) is 8.46. The van der Waals surface area contributed by atoms with Gasteiger partial charge in [-0.15, -0.1) is 0 Å². The molecule has 4 nitrogen and oxygen atoms in total. The molecule has 1 saturated heterocycles. The van der Waals surface area contributed by atoms with Gasteiger partial charge < -0.3 is 10.0 Å². The second kappa shape index (κ2) is 6.69. The van der Waals surface area contributed by atoms with E-state index in [1.54, 1.807) is 4.90 Å². The third-order valence-corrected chi connectivity index (χ3v) is 5.42. The molecule has 1 heterocycles. The number of carboxylic acid groups (broad SMARTS) is 1. The molecule has 2 atom stereocenters. The first kappa shape index (κ1) is 17.8. The molecule has 7 heteroatoms. The summed E-state index contributed by atoms with van der Waals surface area (Å²) in [5.41, 5.74) is 0.195. The third kappa shape index (κ3) is 3.65. The van der Waals surface area contributed by atoms with Gasteiger partial charge in [-0.2, -0.15) is 13.2 Å². The van der Waals surface area contributed by atoms with Crippen molar-refractivity contribution < 1.29 is 27.9 Å². The first-order valence-corrected chi connectivity index (χ1v) is 8.46. The lowest BCUT2D eigenvalue weighted by atomic mass is 9.72. The maximum absolute atomic E-state index is 12.6. The van der Waals surface area contributed by atoms with Gasteiger partial charge in [0.15, 0.2) is 0 Å². The van der Waals surface area contributed by atoms with Gasteiger partial charge >= 0.3 is 12.1 Å². The van der Waals surface area contributed by atoms with Crippen LogP contribution in [-0.4, -0.2) is 35.0 Å². The summed E-state index contributed by atoms with van der Waals surface area (Å²) < 4.78 is 37.9. The van der Waals surface area contributed by atoms with Crippen molar-refractivity contribution in [3.05, 3.63) is 35.4 Å². The Balaban J connectivity index is 1.57. The van der Waals surface area contributed by atoms with E-state index < -0.39 is 29.5 Å². The van der Waals surface area contributed by atoms with Gasteiger partial charge in [-0.25, -0.2) is 0 Å². The highest BCUT2D eigenvalue weighted by Gasteiger charge is 2.43. The smallest absolute Gasteiger partial charge is 0.416 e. The van der Waals surface area contributed by atoms with Gasteiger partial charge in [0.25, 0.3) is 0 Å². The van der Waals surface area contributed by atoms with Gasteiger partial charge in [0, 0.05) is 13.1 Å². The largest absolute Gasteiger partial charge is 0.481 e. The lowest BCUT2D eigenvalue weighted by molar-refractivity contribution is -0.157. The number of carbonyl (C=O) groups is 2. The maximum atomic E-state index is 12.6.